The first-order valence-corrected chi connectivity index (χ1v) is 15.6. The summed E-state index contributed by atoms with van der Waals surface area (Å²) in [6.45, 7) is 1.67. The van der Waals surface area contributed by atoms with Gasteiger partial charge in [0.25, 0.3) is 0 Å². The number of amides is 2. The van der Waals surface area contributed by atoms with E-state index in [0.29, 0.717) is 28.8 Å². The van der Waals surface area contributed by atoms with E-state index in [0.717, 1.165) is 17.0 Å². The zero-order valence-electron chi connectivity index (χ0n) is 27.4. The van der Waals surface area contributed by atoms with Gasteiger partial charge in [0.15, 0.2) is 0 Å². The molecule has 4 aromatic rings. The molecule has 7 nitrogen and oxygen atoms in total. The summed E-state index contributed by atoms with van der Waals surface area (Å²) in [6, 6.07) is 5.83. The standard InChI is InChI=1S/C36H28F9N3O4/c1-17-10-18(32(49)50)4-6-24(17)20-13-27(31(52-3)46-16-20)25-7-5-21(34(37,38)39)15-26(25)28-8-9-29-30(47(2)33(51)48(28)29)19-11-22(35(40,41)42)14-23(12-19)36(43,44)45/h4-7,10-16,28-30H,8-9H2,1-3H3,(H,49,50)/t28-,29?,30+/m0/s1. The molecule has 2 fully saturated rings. The number of fused-ring (bicyclic) bond motifs is 1. The van der Waals surface area contributed by atoms with Crippen molar-refractivity contribution in [2.24, 2.45) is 0 Å². The Bertz CT molecular complexity index is 2050. The number of methoxy groups -OCH3 is 1. The fourth-order valence-electron chi connectivity index (χ4n) is 7.22. The number of carboxylic acid groups (broad SMARTS) is 1. The van der Waals surface area contributed by atoms with Gasteiger partial charge in [0, 0.05) is 24.4 Å². The molecule has 2 aliphatic heterocycles. The van der Waals surface area contributed by atoms with E-state index in [2.05, 4.69) is 4.98 Å². The number of aromatic nitrogens is 1. The zero-order valence-corrected chi connectivity index (χ0v) is 27.4. The topological polar surface area (TPSA) is 83.0 Å². The van der Waals surface area contributed by atoms with Gasteiger partial charge >= 0.3 is 30.5 Å². The van der Waals surface area contributed by atoms with E-state index < -0.39 is 70.9 Å². The van der Waals surface area contributed by atoms with Crippen LogP contribution in [0, 0.1) is 6.92 Å². The summed E-state index contributed by atoms with van der Waals surface area (Å²) in [4.78, 5) is 31.9. The second kappa shape index (κ2) is 12.7. The molecule has 3 heterocycles. The molecule has 1 unspecified atom stereocenters. The number of pyridine rings is 1. The van der Waals surface area contributed by atoms with Crippen LogP contribution in [0.25, 0.3) is 22.3 Å². The van der Waals surface area contributed by atoms with E-state index in [9.17, 15) is 54.2 Å². The van der Waals surface area contributed by atoms with E-state index in [1.807, 2.05) is 0 Å². The lowest BCUT2D eigenvalue weighted by Gasteiger charge is -2.27. The van der Waals surface area contributed by atoms with Crippen LogP contribution >= 0.6 is 0 Å². The van der Waals surface area contributed by atoms with Crippen molar-refractivity contribution >= 4 is 12.0 Å². The first-order chi connectivity index (χ1) is 24.2. The highest BCUT2D eigenvalue weighted by atomic mass is 19.4. The first kappa shape index (κ1) is 36.5. The van der Waals surface area contributed by atoms with E-state index in [1.165, 1.54) is 43.5 Å². The molecule has 0 spiro atoms. The molecule has 6 rings (SSSR count). The van der Waals surface area contributed by atoms with Gasteiger partial charge in [0.2, 0.25) is 5.88 Å². The van der Waals surface area contributed by atoms with Crippen LogP contribution in [-0.4, -0.2) is 52.1 Å². The van der Waals surface area contributed by atoms with E-state index in [4.69, 9.17) is 4.74 Å². The molecule has 16 heteroatoms. The Morgan fingerprint density at radius 2 is 1.42 bits per heavy atom. The van der Waals surface area contributed by atoms with E-state index in [1.54, 1.807) is 19.1 Å². The number of carbonyl (C=O) groups excluding carboxylic acids is 1. The number of aryl methyl sites for hydroxylation is 1. The van der Waals surface area contributed by atoms with Crippen molar-refractivity contribution in [1.29, 1.82) is 0 Å². The average molecular weight is 738 g/mol. The third kappa shape index (κ3) is 6.50. The number of likely N-dealkylation sites (N-methyl/N-ethyl adjacent to an activating group) is 1. The maximum atomic E-state index is 14.2. The third-order valence-corrected chi connectivity index (χ3v) is 9.54. The lowest BCUT2D eigenvalue weighted by molar-refractivity contribution is -0.143. The average Bonchev–Trinajstić information content (AvgIpc) is 3.60. The van der Waals surface area contributed by atoms with Crippen LogP contribution in [0.15, 0.2) is 66.9 Å². The minimum atomic E-state index is -5.14. The Labute approximate surface area is 290 Å². The molecule has 0 bridgehead atoms. The van der Waals surface area contributed by atoms with Crippen LogP contribution in [0.2, 0.25) is 0 Å². The molecule has 2 saturated heterocycles. The molecule has 3 atom stereocenters. The lowest BCUT2D eigenvalue weighted by atomic mass is 9.90. The quantitative estimate of drug-likeness (QED) is 0.199. The number of nitrogens with zero attached hydrogens (tertiary/aromatic N) is 3. The molecule has 0 aliphatic carbocycles. The van der Waals surface area contributed by atoms with E-state index in [-0.39, 0.29) is 47.0 Å². The van der Waals surface area contributed by atoms with Crippen LogP contribution in [0.3, 0.4) is 0 Å². The molecular formula is C36H28F9N3O4. The second-order valence-corrected chi connectivity index (χ2v) is 12.7. The molecule has 1 N–H and O–H groups in total. The number of hydrogen-bond acceptors (Lipinski definition) is 4. The summed E-state index contributed by atoms with van der Waals surface area (Å²) in [7, 11) is 2.51. The maximum Gasteiger partial charge on any atom is 0.416 e. The SMILES string of the molecule is COc1ncc(-c2ccc(C(=O)O)cc2C)cc1-c1ccc(C(F)(F)F)cc1[C@@H]1CCC2[C@@H](c3cc(C(F)(F)F)cc(C(F)(F)F)c3)N(C)C(=O)N21. The van der Waals surface area contributed by atoms with Crippen LogP contribution in [-0.2, 0) is 18.5 Å². The number of urea groups is 1. The summed E-state index contributed by atoms with van der Waals surface area (Å²) < 4.78 is 131. The van der Waals surface area contributed by atoms with Gasteiger partial charge in [-0.2, -0.15) is 39.5 Å². The normalized spacial score (nSPS) is 19.3. The van der Waals surface area contributed by atoms with Gasteiger partial charge in [-0.3, -0.25) is 0 Å². The Kier molecular flexibility index (Phi) is 8.94. The smallest absolute Gasteiger partial charge is 0.416 e. The van der Waals surface area contributed by atoms with E-state index >= 15 is 0 Å². The molecule has 1 aromatic heterocycles. The number of rotatable bonds is 6. The number of carbonyl (C=O) groups is 2. The third-order valence-electron chi connectivity index (χ3n) is 9.54. The van der Waals surface area contributed by atoms with Gasteiger partial charge in [0.1, 0.15) is 0 Å². The van der Waals surface area contributed by atoms with Gasteiger partial charge < -0.3 is 19.6 Å². The molecule has 0 radical (unpaired) electrons. The molecule has 0 saturated carbocycles. The number of ether oxygens (including phenoxy) is 1. The van der Waals surface area contributed by atoms with Crippen LogP contribution in [0.1, 0.15) is 68.7 Å². The lowest BCUT2D eigenvalue weighted by Crippen LogP contribution is -2.32. The highest BCUT2D eigenvalue weighted by molar-refractivity contribution is 5.89. The molecule has 274 valence electrons. The number of alkyl halides is 9. The second-order valence-electron chi connectivity index (χ2n) is 12.7. The zero-order chi connectivity index (χ0) is 38.1. The first-order valence-electron chi connectivity index (χ1n) is 15.6. The largest absolute Gasteiger partial charge is 0.481 e. The van der Waals surface area contributed by atoms with Crippen molar-refractivity contribution in [3.05, 3.63) is 106 Å². The molecule has 2 amide bonds. The highest BCUT2D eigenvalue weighted by Gasteiger charge is 2.53. The summed E-state index contributed by atoms with van der Waals surface area (Å²) in [6.07, 6.45) is -13.6. The Morgan fingerprint density at radius 3 is 1.98 bits per heavy atom. The minimum Gasteiger partial charge on any atom is -0.481 e. The van der Waals surface area contributed by atoms with Crippen molar-refractivity contribution in [2.75, 3.05) is 14.2 Å². The molecule has 3 aromatic carbocycles. The Morgan fingerprint density at radius 1 is 0.808 bits per heavy atom. The monoisotopic (exact) mass is 737 g/mol. The minimum absolute atomic E-state index is 0.00510. The van der Waals surface area contributed by atoms with Crippen molar-refractivity contribution < 1.29 is 58.9 Å². The van der Waals surface area contributed by atoms with Crippen LogP contribution in [0.4, 0.5) is 44.3 Å². The summed E-state index contributed by atoms with van der Waals surface area (Å²) in [5, 5.41) is 9.39. The van der Waals surface area contributed by atoms with Gasteiger partial charge in [-0.15, -0.1) is 0 Å². The van der Waals surface area contributed by atoms with Gasteiger partial charge in [-0.05, 0) is 96.1 Å². The maximum absolute atomic E-state index is 14.2. The van der Waals surface area contributed by atoms with Gasteiger partial charge in [0.05, 0.1) is 47.5 Å². The highest BCUT2D eigenvalue weighted by Crippen LogP contribution is 2.52. The molecule has 52 heavy (non-hydrogen) atoms. The number of hydrogen-bond donors (Lipinski definition) is 1. The van der Waals surface area contributed by atoms with Gasteiger partial charge in [-0.25, -0.2) is 14.6 Å². The van der Waals surface area contributed by atoms with Crippen molar-refractivity contribution in [3.8, 4) is 28.1 Å². The Balaban J connectivity index is 1.49. The number of benzene rings is 3. The summed E-state index contributed by atoms with van der Waals surface area (Å²) in [5.41, 5.74) is -2.56. The van der Waals surface area contributed by atoms with Crippen LogP contribution in [0.5, 0.6) is 5.88 Å². The van der Waals surface area contributed by atoms with Gasteiger partial charge in [-0.1, -0.05) is 12.1 Å². The predicted molar refractivity (Wildman–Crippen MR) is 168 cm³/mol. The summed E-state index contributed by atoms with van der Waals surface area (Å²) in [5.74, 6) is -1.14. The van der Waals surface area contributed by atoms with Crippen LogP contribution < -0.4 is 4.74 Å². The van der Waals surface area contributed by atoms with Crippen molar-refractivity contribution in [3.63, 3.8) is 0 Å². The molecule has 2 aliphatic rings. The van der Waals surface area contributed by atoms with Crippen molar-refractivity contribution in [2.45, 2.75) is 56.4 Å². The molecular weight excluding hydrogens is 709 g/mol. The summed E-state index contributed by atoms with van der Waals surface area (Å²) >= 11 is 0. The number of aromatic carboxylic acids is 1. The fourth-order valence-corrected chi connectivity index (χ4v) is 7.22. The Hall–Kier alpha value is -5.28. The van der Waals surface area contributed by atoms with Crippen molar-refractivity contribution in [1.82, 2.24) is 14.8 Å². The fraction of sp³-hybridized carbons (Fsp3) is 0.306. The number of halogens is 9. The number of carboxylic acids is 1. The predicted octanol–water partition coefficient (Wildman–Crippen LogP) is 9.80.